The minimum atomic E-state index is 0.572. The lowest BCUT2D eigenvalue weighted by atomic mass is 10.3. The number of rotatable bonds is 2. The van der Waals surface area contributed by atoms with Crippen LogP contribution in [0.1, 0.15) is 24.1 Å². The van der Waals surface area contributed by atoms with E-state index in [4.69, 9.17) is 5.26 Å². The van der Waals surface area contributed by atoms with Crippen molar-refractivity contribution in [2.75, 3.05) is 0 Å². The van der Waals surface area contributed by atoms with Gasteiger partial charge in [-0.3, -0.25) is 0 Å². The van der Waals surface area contributed by atoms with E-state index in [9.17, 15) is 0 Å². The summed E-state index contributed by atoms with van der Waals surface area (Å²) in [5.74, 6) is 0. The van der Waals surface area contributed by atoms with Crippen molar-refractivity contribution >= 4 is 11.8 Å². The monoisotopic (exact) mass is 190 g/mol. The number of hydrogen-bond acceptors (Lipinski definition) is 3. The molecule has 3 heteroatoms. The first-order valence-electron chi connectivity index (χ1n) is 4.33. The zero-order valence-electron chi connectivity index (χ0n) is 7.45. The molecule has 0 spiro atoms. The summed E-state index contributed by atoms with van der Waals surface area (Å²) >= 11 is 1.79. The first-order valence-corrected chi connectivity index (χ1v) is 5.21. The van der Waals surface area contributed by atoms with Gasteiger partial charge in [-0.05, 0) is 31.4 Å². The molecule has 2 rings (SSSR count). The van der Waals surface area contributed by atoms with Gasteiger partial charge in [0.1, 0.15) is 6.07 Å². The molecule has 0 unspecified atom stereocenters. The van der Waals surface area contributed by atoms with Crippen LogP contribution in [0, 0.1) is 18.3 Å². The number of nitrogens with zero attached hydrogens (tertiary/aromatic N) is 2. The van der Waals surface area contributed by atoms with Gasteiger partial charge in [0.2, 0.25) is 0 Å². The van der Waals surface area contributed by atoms with Crippen LogP contribution in [0.25, 0.3) is 0 Å². The van der Waals surface area contributed by atoms with E-state index in [1.807, 2.05) is 6.92 Å². The van der Waals surface area contributed by atoms with Crippen molar-refractivity contribution in [3.05, 3.63) is 23.5 Å². The molecule has 1 aliphatic carbocycles. The SMILES string of the molecule is Cc1cnc(C#N)c(SC2CC2)c1. The predicted molar refractivity (Wildman–Crippen MR) is 52.6 cm³/mol. The molecule has 0 radical (unpaired) electrons. The van der Waals surface area contributed by atoms with Crippen molar-refractivity contribution in [1.82, 2.24) is 4.98 Å². The molecule has 13 heavy (non-hydrogen) atoms. The number of aryl methyl sites for hydroxylation is 1. The van der Waals surface area contributed by atoms with Crippen LogP contribution < -0.4 is 0 Å². The molecule has 1 aromatic heterocycles. The maximum atomic E-state index is 8.82. The van der Waals surface area contributed by atoms with Crippen LogP contribution in [0.5, 0.6) is 0 Å². The first kappa shape index (κ1) is 8.58. The smallest absolute Gasteiger partial charge is 0.154 e. The highest BCUT2D eigenvalue weighted by atomic mass is 32.2. The fraction of sp³-hybridized carbons (Fsp3) is 0.400. The van der Waals surface area contributed by atoms with Crippen LogP contribution >= 0.6 is 11.8 Å². The summed E-state index contributed by atoms with van der Waals surface area (Å²) in [4.78, 5) is 5.14. The zero-order valence-corrected chi connectivity index (χ0v) is 8.27. The average Bonchev–Trinajstić information content (AvgIpc) is 2.89. The Morgan fingerprint density at radius 2 is 2.38 bits per heavy atom. The Morgan fingerprint density at radius 3 is 3.00 bits per heavy atom. The Morgan fingerprint density at radius 1 is 1.62 bits per heavy atom. The number of pyridine rings is 1. The van der Waals surface area contributed by atoms with Gasteiger partial charge >= 0.3 is 0 Å². The Kier molecular flexibility index (Phi) is 2.24. The predicted octanol–water partition coefficient (Wildman–Crippen LogP) is 2.52. The third-order valence-corrected chi connectivity index (χ3v) is 3.28. The largest absolute Gasteiger partial charge is 0.244 e. The maximum Gasteiger partial charge on any atom is 0.154 e. The molecular formula is C10H10N2S. The summed E-state index contributed by atoms with van der Waals surface area (Å²) in [6, 6.07) is 4.17. The third kappa shape index (κ3) is 2.02. The summed E-state index contributed by atoms with van der Waals surface area (Å²) < 4.78 is 0. The lowest BCUT2D eigenvalue weighted by molar-refractivity contribution is 1.14. The molecule has 1 aromatic rings. The summed E-state index contributed by atoms with van der Waals surface area (Å²) in [6.07, 6.45) is 4.31. The first-order chi connectivity index (χ1) is 6.29. The summed E-state index contributed by atoms with van der Waals surface area (Å²) in [5.41, 5.74) is 1.70. The van der Waals surface area contributed by atoms with E-state index in [0.29, 0.717) is 5.69 Å². The van der Waals surface area contributed by atoms with E-state index in [-0.39, 0.29) is 0 Å². The van der Waals surface area contributed by atoms with Crippen molar-refractivity contribution in [2.45, 2.75) is 29.9 Å². The van der Waals surface area contributed by atoms with Gasteiger partial charge in [0.15, 0.2) is 5.69 Å². The number of hydrogen-bond donors (Lipinski definition) is 0. The van der Waals surface area contributed by atoms with E-state index in [1.54, 1.807) is 18.0 Å². The van der Waals surface area contributed by atoms with Crippen LogP contribution in [0.15, 0.2) is 17.2 Å². The Balaban J connectivity index is 2.29. The highest BCUT2D eigenvalue weighted by Crippen LogP contribution is 2.40. The van der Waals surface area contributed by atoms with Crippen LogP contribution in [-0.2, 0) is 0 Å². The Labute approximate surface area is 82.0 Å². The molecule has 0 atom stereocenters. The number of nitriles is 1. The van der Waals surface area contributed by atoms with E-state index < -0.39 is 0 Å². The van der Waals surface area contributed by atoms with Crippen LogP contribution in [0.2, 0.25) is 0 Å². The van der Waals surface area contributed by atoms with Crippen molar-refractivity contribution in [3.63, 3.8) is 0 Å². The van der Waals surface area contributed by atoms with Crippen molar-refractivity contribution in [3.8, 4) is 6.07 Å². The molecule has 0 N–H and O–H groups in total. The van der Waals surface area contributed by atoms with Gasteiger partial charge in [0, 0.05) is 16.3 Å². The maximum absolute atomic E-state index is 8.82. The van der Waals surface area contributed by atoms with E-state index in [0.717, 1.165) is 15.7 Å². The molecule has 1 heterocycles. The van der Waals surface area contributed by atoms with Gasteiger partial charge in [-0.25, -0.2) is 4.98 Å². The Hall–Kier alpha value is -1.01. The quantitative estimate of drug-likeness (QED) is 0.719. The van der Waals surface area contributed by atoms with Crippen molar-refractivity contribution < 1.29 is 0 Å². The molecule has 0 aliphatic heterocycles. The molecular weight excluding hydrogens is 180 g/mol. The molecule has 2 nitrogen and oxygen atoms in total. The summed E-state index contributed by atoms with van der Waals surface area (Å²) in [5, 5.41) is 9.55. The van der Waals surface area contributed by atoms with E-state index in [2.05, 4.69) is 17.1 Å². The van der Waals surface area contributed by atoms with Gasteiger partial charge in [0.05, 0.1) is 0 Å². The molecule has 1 fully saturated rings. The lowest BCUT2D eigenvalue weighted by Crippen LogP contribution is -1.89. The fourth-order valence-corrected chi connectivity index (χ4v) is 2.28. The second-order valence-corrected chi connectivity index (χ2v) is 4.63. The van der Waals surface area contributed by atoms with Crippen LogP contribution in [0.3, 0.4) is 0 Å². The van der Waals surface area contributed by atoms with E-state index >= 15 is 0 Å². The van der Waals surface area contributed by atoms with Crippen molar-refractivity contribution in [1.29, 1.82) is 5.26 Å². The van der Waals surface area contributed by atoms with Gasteiger partial charge in [-0.2, -0.15) is 5.26 Å². The molecule has 0 saturated heterocycles. The minimum Gasteiger partial charge on any atom is -0.244 e. The molecule has 0 amide bonds. The molecule has 1 aliphatic rings. The average molecular weight is 190 g/mol. The molecule has 0 bridgehead atoms. The number of thioether (sulfide) groups is 1. The molecule has 1 saturated carbocycles. The topological polar surface area (TPSA) is 36.7 Å². The minimum absolute atomic E-state index is 0.572. The van der Waals surface area contributed by atoms with E-state index in [1.165, 1.54) is 12.8 Å². The standard InChI is InChI=1S/C10H10N2S/c1-7-4-10(13-8-2-3-8)9(5-11)12-6-7/h4,6,8H,2-3H2,1H3. The Bertz CT molecular complexity index is 364. The van der Waals surface area contributed by atoms with Gasteiger partial charge in [0.25, 0.3) is 0 Å². The van der Waals surface area contributed by atoms with Gasteiger partial charge < -0.3 is 0 Å². The van der Waals surface area contributed by atoms with Gasteiger partial charge in [-0.15, -0.1) is 11.8 Å². The van der Waals surface area contributed by atoms with Crippen LogP contribution in [0.4, 0.5) is 0 Å². The summed E-state index contributed by atoms with van der Waals surface area (Å²) in [7, 11) is 0. The van der Waals surface area contributed by atoms with Gasteiger partial charge in [-0.1, -0.05) is 0 Å². The van der Waals surface area contributed by atoms with Crippen molar-refractivity contribution in [2.24, 2.45) is 0 Å². The normalized spacial score (nSPS) is 15.4. The second-order valence-electron chi connectivity index (χ2n) is 3.29. The molecule has 66 valence electrons. The highest BCUT2D eigenvalue weighted by Gasteiger charge is 2.23. The third-order valence-electron chi connectivity index (χ3n) is 1.91. The second kappa shape index (κ2) is 3.39. The highest BCUT2D eigenvalue weighted by molar-refractivity contribution is 8.00. The number of aromatic nitrogens is 1. The zero-order chi connectivity index (χ0) is 9.26. The fourth-order valence-electron chi connectivity index (χ4n) is 1.08. The van der Waals surface area contributed by atoms with Crippen LogP contribution in [-0.4, -0.2) is 10.2 Å². The molecule has 0 aromatic carbocycles. The lowest BCUT2D eigenvalue weighted by Gasteiger charge is -2.01. The summed E-state index contributed by atoms with van der Waals surface area (Å²) in [6.45, 7) is 2.01.